The topological polar surface area (TPSA) is 21.6 Å². The van der Waals surface area contributed by atoms with Gasteiger partial charge in [0.15, 0.2) is 0 Å². The summed E-state index contributed by atoms with van der Waals surface area (Å²) in [4.78, 5) is 4.84. The molecule has 0 aromatic rings. The standard InChI is InChI=1S/C16H25NO/c1-10(2)16(6)14-11(3)8-7-9-12(4)17-15(14)13(5)18-16/h8,10,13H,7,9H2,1-6H3/b11-8-,17-12?. The molecule has 2 aliphatic heterocycles. The Hall–Kier alpha value is -0.890. The maximum Gasteiger partial charge on any atom is 0.0982 e. The fourth-order valence-corrected chi connectivity index (χ4v) is 2.97. The van der Waals surface area contributed by atoms with Crippen LogP contribution in [0.1, 0.15) is 54.4 Å². The molecular weight excluding hydrogens is 222 g/mol. The summed E-state index contributed by atoms with van der Waals surface area (Å²) >= 11 is 0. The van der Waals surface area contributed by atoms with E-state index < -0.39 is 0 Å². The van der Waals surface area contributed by atoms with E-state index in [1.165, 1.54) is 16.9 Å². The Morgan fingerprint density at radius 1 is 1.39 bits per heavy atom. The third-order valence-electron chi connectivity index (χ3n) is 4.32. The van der Waals surface area contributed by atoms with Crippen molar-refractivity contribution in [2.45, 2.75) is 66.1 Å². The van der Waals surface area contributed by atoms with Crippen LogP contribution < -0.4 is 0 Å². The Morgan fingerprint density at radius 2 is 2.06 bits per heavy atom. The number of rotatable bonds is 1. The second-order valence-electron chi connectivity index (χ2n) is 6.05. The van der Waals surface area contributed by atoms with Crippen LogP contribution in [0.25, 0.3) is 0 Å². The lowest BCUT2D eigenvalue weighted by Gasteiger charge is -2.32. The SMILES string of the molecule is CC1=NC2=C(/C(C)=C\CC1)C(C)(C(C)C)OC2C. The maximum absolute atomic E-state index is 6.27. The third-order valence-corrected chi connectivity index (χ3v) is 4.32. The Morgan fingerprint density at radius 3 is 2.67 bits per heavy atom. The minimum absolute atomic E-state index is 0.101. The molecule has 2 aliphatic rings. The van der Waals surface area contributed by atoms with Crippen molar-refractivity contribution in [1.29, 1.82) is 0 Å². The van der Waals surface area contributed by atoms with Crippen molar-refractivity contribution in [1.82, 2.24) is 0 Å². The van der Waals surface area contributed by atoms with E-state index in [1.54, 1.807) is 0 Å². The van der Waals surface area contributed by atoms with Gasteiger partial charge in [-0.3, -0.25) is 4.99 Å². The second-order valence-corrected chi connectivity index (χ2v) is 6.05. The highest BCUT2D eigenvalue weighted by Crippen LogP contribution is 2.45. The molecule has 0 aromatic heterocycles. The van der Waals surface area contributed by atoms with Crippen molar-refractivity contribution >= 4 is 5.71 Å². The molecule has 2 atom stereocenters. The van der Waals surface area contributed by atoms with Crippen molar-refractivity contribution in [3.05, 3.63) is 22.9 Å². The monoisotopic (exact) mass is 247 g/mol. The second kappa shape index (κ2) is 4.65. The fraction of sp³-hybridized carbons (Fsp3) is 0.688. The van der Waals surface area contributed by atoms with Crippen molar-refractivity contribution in [3.8, 4) is 0 Å². The van der Waals surface area contributed by atoms with Gasteiger partial charge in [0.25, 0.3) is 0 Å². The van der Waals surface area contributed by atoms with Crippen molar-refractivity contribution in [2.75, 3.05) is 0 Å². The smallest absolute Gasteiger partial charge is 0.0982 e. The van der Waals surface area contributed by atoms with Gasteiger partial charge in [-0.15, -0.1) is 0 Å². The first-order valence-corrected chi connectivity index (χ1v) is 7.00. The number of hydrogen-bond donors (Lipinski definition) is 0. The van der Waals surface area contributed by atoms with E-state index in [0.717, 1.165) is 18.5 Å². The van der Waals surface area contributed by atoms with Crippen LogP contribution in [0.4, 0.5) is 0 Å². The first kappa shape index (κ1) is 13.5. The molecule has 0 radical (unpaired) electrons. The summed E-state index contributed by atoms with van der Waals surface area (Å²) in [5.74, 6) is 0.450. The van der Waals surface area contributed by atoms with Crippen LogP contribution in [0.3, 0.4) is 0 Å². The lowest BCUT2D eigenvalue weighted by molar-refractivity contribution is -0.0404. The zero-order valence-electron chi connectivity index (χ0n) is 12.5. The van der Waals surface area contributed by atoms with Crippen LogP contribution in [-0.2, 0) is 4.74 Å². The number of ether oxygens (including phenoxy) is 1. The Bertz CT molecular complexity index is 442. The molecule has 100 valence electrons. The van der Waals surface area contributed by atoms with Gasteiger partial charge < -0.3 is 4.74 Å². The van der Waals surface area contributed by atoms with Gasteiger partial charge in [-0.1, -0.05) is 19.9 Å². The summed E-state index contributed by atoms with van der Waals surface area (Å²) in [6, 6.07) is 0. The molecule has 0 aliphatic carbocycles. The highest BCUT2D eigenvalue weighted by Gasteiger charge is 2.44. The number of hydrogen-bond acceptors (Lipinski definition) is 2. The summed E-state index contributed by atoms with van der Waals surface area (Å²) in [5, 5.41) is 0. The highest BCUT2D eigenvalue weighted by atomic mass is 16.5. The molecule has 2 heteroatoms. The molecule has 0 N–H and O–H groups in total. The van der Waals surface area contributed by atoms with E-state index in [-0.39, 0.29) is 11.7 Å². The van der Waals surface area contributed by atoms with Crippen LogP contribution in [0.2, 0.25) is 0 Å². The van der Waals surface area contributed by atoms with E-state index in [2.05, 4.69) is 47.6 Å². The highest BCUT2D eigenvalue weighted by molar-refractivity contribution is 5.83. The first-order valence-electron chi connectivity index (χ1n) is 7.00. The molecule has 0 saturated carbocycles. The van der Waals surface area contributed by atoms with Gasteiger partial charge in [0.05, 0.1) is 17.4 Å². The Labute approximate surface area is 111 Å². The van der Waals surface area contributed by atoms with E-state index >= 15 is 0 Å². The Kier molecular flexibility index (Phi) is 3.50. The van der Waals surface area contributed by atoms with Crippen LogP contribution >= 0.6 is 0 Å². The molecule has 0 bridgehead atoms. The van der Waals surface area contributed by atoms with Gasteiger partial charge in [0.2, 0.25) is 0 Å². The molecule has 2 unspecified atom stereocenters. The van der Waals surface area contributed by atoms with E-state index in [1.807, 2.05) is 0 Å². The molecule has 0 amide bonds. The molecule has 0 saturated heterocycles. The van der Waals surface area contributed by atoms with Gasteiger partial charge in [-0.25, -0.2) is 0 Å². The van der Waals surface area contributed by atoms with Crippen LogP contribution in [0.5, 0.6) is 0 Å². The minimum Gasteiger partial charge on any atom is -0.361 e. The molecule has 0 aromatic carbocycles. The normalized spacial score (nSPS) is 35.8. The zero-order chi connectivity index (χ0) is 13.5. The van der Waals surface area contributed by atoms with Crippen molar-refractivity contribution in [2.24, 2.45) is 10.9 Å². The molecule has 0 fully saturated rings. The molecule has 0 spiro atoms. The van der Waals surface area contributed by atoms with E-state index in [0.29, 0.717) is 5.92 Å². The van der Waals surface area contributed by atoms with Gasteiger partial charge in [-0.2, -0.15) is 0 Å². The molecule has 2 heterocycles. The van der Waals surface area contributed by atoms with Gasteiger partial charge in [-0.05, 0) is 52.0 Å². The summed E-state index contributed by atoms with van der Waals surface area (Å²) < 4.78 is 6.27. The number of nitrogens with zero attached hydrogens (tertiary/aromatic N) is 1. The zero-order valence-corrected chi connectivity index (χ0v) is 12.5. The first-order chi connectivity index (χ1) is 8.36. The van der Waals surface area contributed by atoms with Gasteiger partial charge >= 0.3 is 0 Å². The molecular formula is C16H25NO. The molecule has 2 rings (SSSR count). The van der Waals surface area contributed by atoms with Crippen LogP contribution in [0.15, 0.2) is 27.9 Å². The van der Waals surface area contributed by atoms with Crippen molar-refractivity contribution in [3.63, 3.8) is 0 Å². The van der Waals surface area contributed by atoms with Crippen molar-refractivity contribution < 1.29 is 4.74 Å². The maximum atomic E-state index is 6.27. The Balaban J connectivity index is 2.61. The fourth-order valence-electron chi connectivity index (χ4n) is 2.97. The van der Waals surface area contributed by atoms with E-state index in [4.69, 9.17) is 9.73 Å². The minimum atomic E-state index is -0.198. The summed E-state index contributed by atoms with van der Waals surface area (Å²) in [6.07, 6.45) is 4.58. The third kappa shape index (κ3) is 2.07. The van der Waals surface area contributed by atoms with E-state index in [9.17, 15) is 0 Å². The van der Waals surface area contributed by atoms with Gasteiger partial charge in [0.1, 0.15) is 0 Å². The average molecular weight is 247 g/mol. The molecule has 18 heavy (non-hydrogen) atoms. The summed E-state index contributed by atoms with van der Waals surface area (Å²) in [7, 11) is 0. The number of allylic oxidation sites excluding steroid dienone is 1. The lowest BCUT2D eigenvalue weighted by atomic mass is 9.81. The lowest BCUT2D eigenvalue weighted by Crippen LogP contribution is -2.35. The summed E-state index contributed by atoms with van der Waals surface area (Å²) in [6.45, 7) is 13.1. The predicted octanol–water partition coefficient (Wildman–Crippen LogP) is 4.27. The largest absolute Gasteiger partial charge is 0.361 e. The van der Waals surface area contributed by atoms with Crippen LogP contribution in [0, 0.1) is 5.92 Å². The van der Waals surface area contributed by atoms with Gasteiger partial charge in [0, 0.05) is 11.3 Å². The average Bonchev–Trinajstić information content (AvgIpc) is 2.49. The number of aliphatic imine (C=N–C) groups is 1. The summed E-state index contributed by atoms with van der Waals surface area (Å²) in [5.41, 5.74) is 4.84. The van der Waals surface area contributed by atoms with Crippen LogP contribution in [-0.4, -0.2) is 17.4 Å². The quantitative estimate of drug-likeness (QED) is 0.678. The predicted molar refractivity (Wildman–Crippen MR) is 76.9 cm³/mol. The molecule has 2 nitrogen and oxygen atoms in total.